The van der Waals surface area contributed by atoms with E-state index in [9.17, 15) is 4.79 Å². The van der Waals surface area contributed by atoms with E-state index in [-0.39, 0.29) is 11.8 Å². The van der Waals surface area contributed by atoms with Crippen molar-refractivity contribution < 1.29 is 9.32 Å². The standard InChI is InChI=1S/C16H19ClN4O2/c1-10-19-15(21-23-10)14(11-2-4-13(17)5-3-11)20-16(22)12-6-8-18-9-7-12/h2-5,12,14,18H,6-9H2,1H3,(H,20,22). The molecule has 1 aromatic carbocycles. The molecule has 0 aliphatic carbocycles. The Labute approximate surface area is 139 Å². The molecule has 1 aliphatic heterocycles. The number of rotatable bonds is 4. The molecule has 1 amide bonds. The van der Waals surface area contributed by atoms with Crippen LogP contribution in [0.25, 0.3) is 0 Å². The van der Waals surface area contributed by atoms with Gasteiger partial charge in [-0.25, -0.2) is 0 Å². The van der Waals surface area contributed by atoms with E-state index in [0.717, 1.165) is 31.5 Å². The van der Waals surface area contributed by atoms with Gasteiger partial charge in [0, 0.05) is 17.9 Å². The summed E-state index contributed by atoms with van der Waals surface area (Å²) in [6.45, 7) is 3.46. The molecule has 122 valence electrons. The van der Waals surface area contributed by atoms with Gasteiger partial charge in [-0.1, -0.05) is 28.9 Å². The van der Waals surface area contributed by atoms with Crippen LogP contribution in [0.5, 0.6) is 0 Å². The minimum Gasteiger partial charge on any atom is -0.342 e. The molecule has 1 unspecified atom stereocenters. The van der Waals surface area contributed by atoms with Gasteiger partial charge in [0.15, 0.2) is 5.82 Å². The van der Waals surface area contributed by atoms with Crippen LogP contribution in [0.2, 0.25) is 5.02 Å². The van der Waals surface area contributed by atoms with Crippen LogP contribution in [0, 0.1) is 12.8 Å². The van der Waals surface area contributed by atoms with E-state index in [4.69, 9.17) is 16.1 Å². The van der Waals surface area contributed by atoms with Crippen LogP contribution in [0.1, 0.15) is 36.2 Å². The first kappa shape index (κ1) is 16.0. The molecule has 2 aromatic rings. The van der Waals surface area contributed by atoms with Crippen LogP contribution < -0.4 is 10.6 Å². The lowest BCUT2D eigenvalue weighted by atomic mass is 9.96. The van der Waals surface area contributed by atoms with Crippen LogP contribution in [0.4, 0.5) is 0 Å². The lowest BCUT2D eigenvalue weighted by Gasteiger charge is -2.24. The van der Waals surface area contributed by atoms with Gasteiger partial charge in [0.2, 0.25) is 11.8 Å². The number of nitrogens with one attached hydrogen (secondary N) is 2. The SMILES string of the molecule is Cc1nc(C(NC(=O)C2CCNCC2)c2ccc(Cl)cc2)no1. The molecule has 23 heavy (non-hydrogen) atoms. The Morgan fingerprint density at radius 3 is 2.65 bits per heavy atom. The second-order valence-electron chi connectivity index (χ2n) is 5.69. The predicted octanol–water partition coefficient (Wildman–Crippen LogP) is 2.24. The van der Waals surface area contributed by atoms with Crippen LogP contribution in [-0.4, -0.2) is 29.1 Å². The highest BCUT2D eigenvalue weighted by molar-refractivity contribution is 6.30. The molecule has 2 heterocycles. The van der Waals surface area contributed by atoms with Gasteiger partial charge in [0.05, 0.1) is 0 Å². The van der Waals surface area contributed by atoms with Gasteiger partial charge in [-0.15, -0.1) is 0 Å². The highest BCUT2D eigenvalue weighted by Crippen LogP contribution is 2.23. The third-order valence-electron chi connectivity index (χ3n) is 4.00. The second-order valence-corrected chi connectivity index (χ2v) is 6.13. The summed E-state index contributed by atoms with van der Waals surface area (Å²) in [4.78, 5) is 16.8. The van der Waals surface area contributed by atoms with Crippen molar-refractivity contribution in [1.82, 2.24) is 20.8 Å². The van der Waals surface area contributed by atoms with Gasteiger partial charge in [-0.2, -0.15) is 4.98 Å². The first-order valence-corrected chi connectivity index (χ1v) is 8.08. The summed E-state index contributed by atoms with van der Waals surface area (Å²) in [5.74, 6) is 0.954. The minimum absolute atomic E-state index is 0.0130. The number of hydrogen-bond acceptors (Lipinski definition) is 5. The Balaban J connectivity index is 1.82. The summed E-state index contributed by atoms with van der Waals surface area (Å²) in [5, 5.41) is 10.9. The van der Waals surface area contributed by atoms with Gasteiger partial charge >= 0.3 is 0 Å². The van der Waals surface area contributed by atoms with Crippen molar-refractivity contribution in [2.24, 2.45) is 5.92 Å². The fraction of sp³-hybridized carbons (Fsp3) is 0.438. The molecular formula is C16H19ClN4O2. The molecule has 0 bridgehead atoms. The summed E-state index contributed by atoms with van der Waals surface area (Å²) in [6.07, 6.45) is 1.68. The van der Waals surface area contributed by atoms with Crippen molar-refractivity contribution in [3.8, 4) is 0 Å². The van der Waals surface area contributed by atoms with Crippen molar-refractivity contribution in [3.63, 3.8) is 0 Å². The number of hydrogen-bond donors (Lipinski definition) is 2. The molecule has 0 radical (unpaired) electrons. The van der Waals surface area contributed by atoms with E-state index in [1.165, 1.54) is 0 Å². The van der Waals surface area contributed by atoms with Crippen LogP contribution in [0.3, 0.4) is 0 Å². The highest BCUT2D eigenvalue weighted by atomic mass is 35.5. The van der Waals surface area contributed by atoms with E-state index in [0.29, 0.717) is 16.7 Å². The fourth-order valence-corrected chi connectivity index (χ4v) is 2.85. The van der Waals surface area contributed by atoms with Crippen molar-refractivity contribution in [1.29, 1.82) is 0 Å². The Hall–Kier alpha value is -1.92. The number of aromatic nitrogens is 2. The van der Waals surface area contributed by atoms with Crippen LogP contribution >= 0.6 is 11.6 Å². The minimum atomic E-state index is -0.438. The van der Waals surface area contributed by atoms with Gasteiger partial charge in [0.25, 0.3) is 0 Å². The van der Waals surface area contributed by atoms with Gasteiger partial charge in [-0.05, 0) is 43.6 Å². The molecule has 1 saturated heterocycles. The third kappa shape index (κ3) is 3.89. The molecule has 2 N–H and O–H groups in total. The van der Waals surface area contributed by atoms with Gasteiger partial charge < -0.3 is 15.2 Å². The molecule has 0 spiro atoms. The summed E-state index contributed by atoms with van der Waals surface area (Å²) < 4.78 is 5.07. The quantitative estimate of drug-likeness (QED) is 0.896. The molecular weight excluding hydrogens is 316 g/mol. The third-order valence-corrected chi connectivity index (χ3v) is 4.25. The lowest BCUT2D eigenvalue weighted by Crippen LogP contribution is -2.40. The number of nitrogens with zero attached hydrogens (tertiary/aromatic N) is 2. The van der Waals surface area contributed by atoms with Crippen molar-refractivity contribution in [2.75, 3.05) is 13.1 Å². The number of aryl methyl sites for hydroxylation is 1. The zero-order chi connectivity index (χ0) is 16.2. The summed E-state index contributed by atoms with van der Waals surface area (Å²) in [6, 6.07) is 6.86. The summed E-state index contributed by atoms with van der Waals surface area (Å²) in [7, 11) is 0. The molecule has 1 aromatic heterocycles. The molecule has 3 rings (SSSR count). The predicted molar refractivity (Wildman–Crippen MR) is 86.1 cm³/mol. The van der Waals surface area contributed by atoms with E-state index >= 15 is 0 Å². The first-order chi connectivity index (χ1) is 11.1. The Morgan fingerprint density at radius 2 is 2.04 bits per heavy atom. The monoisotopic (exact) mass is 334 g/mol. The number of carbonyl (C=O) groups excluding carboxylic acids is 1. The van der Waals surface area contributed by atoms with Crippen molar-refractivity contribution in [2.45, 2.75) is 25.8 Å². The van der Waals surface area contributed by atoms with E-state index < -0.39 is 6.04 Å². The average molecular weight is 335 g/mol. The zero-order valence-corrected chi connectivity index (χ0v) is 13.6. The summed E-state index contributed by atoms with van der Waals surface area (Å²) >= 11 is 5.95. The van der Waals surface area contributed by atoms with Crippen LogP contribution in [0.15, 0.2) is 28.8 Å². The maximum Gasteiger partial charge on any atom is 0.224 e. The number of amides is 1. The smallest absolute Gasteiger partial charge is 0.224 e. The van der Waals surface area contributed by atoms with Crippen LogP contribution in [-0.2, 0) is 4.79 Å². The topological polar surface area (TPSA) is 80.0 Å². The number of piperidine rings is 1. The average Bonchev–Trinajstić information content (AvgIpc) is 3.00. The zero-order valence-electron chi connectivity index (χ0n) is 12.9. The number of carbonyl (C=O) groups is 1. The summed E-state index contributed by atoms with van der Waals surface area (Å²) in [5.41, 5.74) is 0.873. The Morgan fingerprint density at radius 1 is 1.35 bits per heavy atom. The Kier molecular flexibility index (Phi) is 4.93. The molecule has 1 aliphatic rings. The lowest BCUT2D eigenvalue weighted by molar-refractivity contribution is -0.126. The van der Waals surface area contributed by atoms with E-state index in [1.54, 1.807) is 19.1 Å². The molecule has 0 saturated carbocycles. The van der Waals surface area contributed by atoms with Crippen molar-refractivity contribution >= 4 is 17.5 Å². The largest absolute Gasteiger partial charge is 0.342 e. The number of benzene rings is 1. The fourth-order valence-electron chi connectivity index (χ4n) is 2.73. The van der Waals surface area contributed by atoms with Gasteiger partial charge in [0.1, 0.15) is 6.04 Å². The Bertz CT molecular complexity index is 665. The number of halogens is 1. The second kappa shape index (κ2) is 7.10. The van der Waals surface area contributed by atoms with Crippen molar-refractivity contribution in [3.05, 3.63) is 46.6 Å². The molecule has 1 fully saturated rings. The van der Waals surface area contributed by atoms with Gasteiger partial charge in [-0.3, -0.25) is 4.79 Å². The highest BCUT2D eigenvalue weighted by Gasteiger charge is 2.27. The normalized spacial score (nSPS) is 17.0. The van der Waals surface area contributed by atoms with E-state index in [1.807, 2.05) is 12.1 Å². The maximum absolute atomic E-state index is 12.6. The first-order valence-electron chi connectivity index (χ1n) is 7.70. The maximum atomic E-state index is 12.6. The molecule has 7 heteroatoms. The molecule has 6 nitrogen and oxygen atoms in total. The molecule has 1 atom stereocenters. The van der Waals surface area contributed by atoms with E-state index in [2.05, 4.69) is 20.8 Å².